The lowest BCUT2D eigenvalue weighted by molar-refractivity contribution is -0.137. The number of hydrogen-bond acceptors (Lipinski definition) is 6. The zero-order chi connectivity index (χ0) is 31.4. The number of fused-ring (bicyclic) bond motifs is 1. The van der Waals surface area contributed by atoms with Gasteiger partial charge in [0.15, 0.2) is 0 Å². The molecular weight excluding hydrogens is 583 g/mol. The van der Waals surface area contributed by atoms with Crippen molar-refractivity contribution in [1.82, 2.24) is 9.80 Å². The predicted octanol–water partition coefficient (Wildman–Crippen LogP) is 4.79. The number of nitrogens with zero attached hydrogens (tertiary/aromatic N) is 2. The number of alkyl halides is 3. The Labute approximate surface area is 250 Å². The molecule has 4 rings (SSSR count). The average Bonchev–Trinajstić information content (AvgIpc) is 3.00. The van der Waals surface area contributed by atoms with Crippen LogP contribution < -0.4 is 9.46 Å². The van der Waals surface area contributed by atoms with Gasteiger partial charge >= 0.3 is 6.18 Å². The number of aliphatic hydroxyl groups excluding tert-OH is 1. The molecule has 232 valence electrons. The van der Waals surface area contributed by atoms with Crippen LogP contribution in [0.25, 0.3) is 0 Å². The van der Waals surface area contributed by atoms with Gasteiger partial charge < -0.3 is 14.7 Å². The summed E-state index contributed by atoms with van der Waals surface area (Å²) in [7, 11) is -2.03. The number of carbonyl (C=O) groups excluding carboxylic acids is 1. The first-order valence-corrected chi connectivity index (χ1v) is 15.4. The van der Waals surface area contributed by atoms with Gasteiger partial charge in [0.05, 0.1) is 29.5 Å². The fraction of sp³-hybridized carbons (Fsp3) is 0.387. The van der Waals surface area contributed by atoms with Gasteiger partial charge in [-0.1, -0.05) is 37.3 Å². The molecule has 8 nitrogen and oxygen atoms in total. The Balaban J connectivity index is 1.60. The van der Waals surface area contributed by atoms with Crippen LogP contribution in [0.1, 0.15) is 30.5 Å². The van der Waals surface area contributed by atoms with E-state index in [2.05, 4.69) is 4.72 Å². The SMILES string of the molecule is C[C@H](CO)N1C[C@H](C)[C@H](CN(C)Cc2ccc(C(F)(F)F)cc2)Oc2ccc(NS(=O)(=O)c3ccccc3)cc2CC1=O. The molecule has 2 N–H and O–H groups in total. The minimum atomic E-state index is -4.41. The summed E-state index contributed by atoms with van der Waals surface area (Å²) in [5, 5.41) is 9.86. The van der Waals surface area contributed by atoms with Crippen LogP contribution in [0, 0.1) is 5.92 Å². The first-order valence-electron chi connectivity index (χ1n) is 13.9. The molecule has 0 saturated heterocycles. The van der Waals surface area contributed by atoms with E-state index in [9.17, 15) is 31.5 Å². The van der Waals surface area contributed by atoms with Gasteiger partial charge in [0.2, 0.25) is 5.91 Å². The Morgan fingerprint density at radius 3 is 2.40 bits per heavy atom. The highest BCUT2D eigenvalue weighted by Gasteiger charge is 2.32. The lowest BCUT2D eigenvalue weighted by atomic mass is 10.0. The van der Waals surface area contributed by atoms with Gasteiger partial charge in [-0.3, -0.25) is 14.4 Å². The molecule has 3 aromatic carbocycles. The van der Waals surface area contributed by atoms with Crippen LogP contribution in [0.5, 0.6) is 5.75 Å². The van der Waals surface area contributed by atoms with Gasteiger partial charge in [-0.25, -0.2) is 8.42 Å². The fourth-order valence-corrected chi connectivity index (χ4v) is 6.08. The molecule has 1 aliphatic rings. The zero-order valence-corrected chi connectivity index (χ0v) is 25.0. The van der Waals surface area contributed by atoms with Crippen LogP contribution in [0.2, 0.25) is 0 Å². The average molecular weight is 620 g/mol. The maximum Gasteiger partial charge on any atom is 0.416 e. The van der Waals surface area contributed by atoms with Crippen molar-refractivity contribution in [2.45, 2.75) is 50.0 Å². The maximum absolute atomic E-state index is 13.4. The second kappa shape index (κ2) is 13.4. The van der Waals surface area contributed by atoms with Crippen molar-refractivity contribution in [3.05, 3.63) is 89.5 Å². The Morgan fingerprint density at radius 1 is 1.09 bits per heavy atom. The number of ether oxygens (including phenoxy) is 1. The van der Waals surface area contributed by atoms with E-state index >= 15 is 0 Å². The molecule has 1 heterocycles. The number of anilines is 1. The van der Waals surface area contributed by atoms with Crippen molar-refractivity contribution in [2.75, 3.05) is 31.5 Å². The molecule has 1 aliphatic heterocycles. The number of aliphatic hydroxyl groups is 1. The number of rotatable bonds is 9. The first-order chi connectivity index (χ1) is 20.3. The van der Waals surface area contributed by atoms with Crippen LogP contribution in [-0.4, -0.2) is 68.1 Å². The summed E-state index contributed by atoms with van der Waals surface area (Å²) in [5.41, 5.74) is 0.742. The monoisotopic (exact) mass is 619 g/mol. The van der Waals surface area contributed by atoms with E-state index in [-0.39, 0.29) is 35.4 Å². The van der Waals surface area contributed by atoms with Crippen LogP contribution in [-0.2, 0) is 34.0 Å². The molecule has 3 aromatic rings. The molecular formula is C31H36F3N3O5S. The van der Waals surface area contributed by atoms with Gasteiger partial charge in [0, 0.05) is 36.8 Å². The summed E-state index contributed by atoms with van der Waals surface area (Å²) < 4.78 is 73.8. The molecule has 3 atom stereocenters. The van der Waals surface area contributed by atoms with Crippen molar-refractivity contribution in [2.24, 2.45) is 5.92 Å². The smallest absolute Gasteiger partial charge is 0.416 e. The Kier molecular flexibility index (Phi) is 10.0. The Bertz CT molecular complexity index is 1500. The molecule has 0 spiro atoms. The Morgan fingerprint density at radius 2 is 1.77 bits per heavy atom. The number of nitrogens with one attached hydrogen (secondary N) is 1. The minimum Gasteiger partial charge on any atom is -0.488 e. The molecule has 0 saturated carbocycles. The number of amides is 1. The fourth-order valence-electron chi connectivity index (χ4n) is 5.01. The highest BCUT2D eigenvalue weighted by atomic mass is 32.2. The molecule has 0 unspecified atom stereocenters. The summed E-state index contributed by atoms with van der Waals surface area (Å²) in [6, 6.07) is 17.3. The third-order valence-corrected chi connectivity index (χ3v) is 8.84. The Hall–Kier alpha value is -3.61. The molecule has 12 heteroatoms. The third kappa shape index (κ3) is 8.27. The van der Waals surface area contributed by atoms with E-state index in [1.54, 1.807) is 48.2 Å². The van der Waals surface area contributed by atoms with Gasteiger partial charge in [0.25, 0.3) is 10.0 Å². The van der Waals surface area contributed by atoms with Crippen LogP contribution in [0.3, 0.4) is 0 Å². The largest absolute Gasteiger partial charge is 0.488 e. The number of benzene rings is 3. The maximum atomic E-state index is 13.4. The quantitative estimate of drug-likeness (QED) is 0.358. The standard InChI is InChI=1S/C31H36F3N3O5S/c1-21-17-37(22(2)20-38)30(39)16-24-15-26(35-43(40,41)27-7-5-4-6-8-27)13-14-28(24)42-29(21)19-36(3)18-23-9-11-25(12-10-23)31(32,33)34/h4-15,21-22,29,35,38H,16-20H2,1-3H3/t21-,22+,29-/m0/s1. The predicted molar refractivity (Wildman–Crippen MR) is 157 cm³/mol. The lowest BCUT2D eigenvalue weighted by Crippen LogP contribution is -2.47. The molecule has 0 fully saturated rings. The van der Waals surface area contributed by atoms with Crippen LogP contribution >= 0.6 is 0 Å². The molecule has 0 aromatic heterocycles. The van der Waals surface area contributed by atoms with Gasteiger partial charge in [-0.05, 0) is 62.0 Å². The van der Waals surface area contributed by atoms with E-state index in [1.807, 2.05) is 18.9 Å². The normalized spacial score (nSPS) is 18.7. The number of hydrogen-bond donors (Lipinski definition) is 2. The minimum absolute atomic E-state index is 0.0680. The summed E-state index contributed by atoms with van der Waals surface area (Å²) in [6.45, 7) is 4.52. The van der Waals surface area contributed by atoms with E-state index < -0.39 is 33.9 Å². The van der Waals surface area contributed by atoms with Crippen molar-refractivity contribution in [1.29, 1.82) is 0 Å². The van der Waals surface area contributed by atoms with Gasteiger partial charge in [0.1, 0.15) is 11.9 Å². The molecule has 0 aliphatic carbocycles. The second-order valence-electron chi connectivity index (χ2n) is 11.0. The van der Waals surface area contributed by atoms with Crippen molar-refractivity contribution >= 4 is 21.6 Å². The number of likely N-dealkylation sites (N-methyl/N-ethyl adjacent to an activating group) is 1. The molecule has 0 bridgehead atoms. The summed E-state index contributed by atoms with van der Waals surface area (Å²) >= 11 is 0. The molecule has 43 heavy (non-hydrogen) atoms. The van der Waals surface area contributed by atoms with E-state index in [0.29, 0.717) is 36.5 Å². The third-order valence-electron chi connectivity index (χ3n) is 7.45. The highest BCUT2D eigenvalue weighted by molar-refractivity contribution is 7.92. The van der Waals surface area contributed by atoms with Crippen molar-refractivity contribution in [3.8, 4) is 5.75 Å². The van der Waals surface area contributed by atoms with Crippen molar-refractivity contribution in [3.63, 3.8) is 0 Å². The molecule has 0 radical (unpaired) electrons. The number of sulfonamides is 1. The summed E-state index contributed by atoms with van der Waals surface area (Å²) in [5.74, 6) is 0.00424. The molecule has 1 amide bonds. The lowest BCUT2D eigenvalue weighted by Gasteiger charge is -2.34. The second-order valence-corrected chi connectivity index (χ2v) is 12.7. The van der Waals surface area contributed by atoms with E-state index in [4.69, 9.17) is 4.74 Å². The van der Waals surface area contributed by atoms with Gasteiger partial charge in [-0.15, -0.1) is 0 Å². The highest BCUT2D eigenvalue weighted by Crippen LogP contribution is 2.31. The van der Waals surface area contributed by atoms with Crippen LogP contribution in [0.15, 0.2) is 77.7 Å². The first kappa shape index (κ1) is 32.3. The van der Waals surface area contributed by atoms with Crippen LogP contribution in [0.4, 0.5) is 18.9 Å². The van der Waals surface area contributed by atoms with Crippen molar-refractivity contribution < 1.29 is 36.2 Å². The van der Waals surface area contributed by atoms with E-state index in [1.165, 1.54) is 24.3 Å². The van der Waals surface area contributed by atoms with Gasteiger partial charge in [-0.2, -0.15) is 13.2 Å². The number of halogens is 3. The summed E-state index contributed by atoms with van der Waals surface area (Å²) in [6.07, 6.45) is -4.92. The zero-order valence-electron chi connectivity index (χ0n) is 24.2. The topological polar surface area (TPSA) is 99.2 Å². The summed E-state index contributed by atoms with van der Waals surface area (Å²) in [4.78, 5) is 17.1. The number of carbonyl (C=O) groups is 1. The van der Waals surface area contributed by atoms with E-state index in [0.717, 1.165) is 12.1 Å².